The fourth-order valence-electron chi connectivity index (χ4n) is 5.13. The van der Waals surface area contributed by atoms with Crippen molar-refractivity contribution in [2.45, 2.75) is 0 Å². The number of hydrogen-bond donors (Lipinski definition) is 0. The van der Waals surface area contributed by atoms with Gasteiger partial charge in [0.1, 0.15) is 22.8 Å². The summed E-state index contributed by atoms with van der Waals surface area (Å²) in [6.45, 7) is 2.62. The molecule has 0 spiro atoms. The molecular formula is C26H24FN7O2. The van der Waals surface area contributed by atoms with Crippen LogP contribution in [0.2, 0.25) is 0 Å². The third-order valence-corrected chi connectivity index (χ3v) is 6.96. The number of aromatic nitrogens is 5. The van der Waals surface area contributed by atoms with Crippen molar-refractivity contribution < 1.29 is 13.9 Å². The second-order valence-corrected chi connectivity index (χ2v) is 9.09. The van der Waals surface area contributed by atoms with Gasteiger partial charge in [0, 0.05) is 56.0 Å². The van der Waals surface area contributed by atoms with Gasteiger partial charge in [0.25, 0.3) is 5.91 Å². The van der Waals surface area contributed by atoms with E-state index in [-0.39, 0.29) is 23.3 Å². The smallest absolute Gasteiger partial charge is 0.259 e. The molecule has 0 N–H and O–H groups in total. The molecule has 1 amide bonds. The molecular weight excluding hydrogens is 461 g/mol. The summed E-state index contributed by atoms with van der Waals surface area (Å²) in [6.07, 6.45) is 6.66. The summed E-state index contributed by atoms with van der Waals surface area (Å²) in [5.41, 5.74) is 2.30. The van der Waals surface area contributed by atoms with Gasteiger partial charge in [-0.2, -0.15) is 15.0 Å². The number of rotatable bonds is 5. The summed E-state index contributed by atoms with van der Waals surface area (Å²) in [6, 6.07) is 12.3. The van der Waals surface area contributed by atoms with Crippen molar-refractivity contribution in [1.82, 2.24) is 29.9 Å². The predicted molar refractivity (Wildman–Crippen MR) is 130 cm³/mol. The standard InChI is InChI=1S/C26H24FN7O2/c1-36-21-7-5-17(6-8-21)18-11-28-26(29-12-18)33-15-19-13-32(14-20(19)16-33)25(35)24-22(27)3-2-4-23(24)34-30-9-10-31-34/h2-12,19-20H,13-16H2,1H3. The lowest BCUT2D eigenvalue weighted by Gasteiger charge is -2.22. The zero-order valence-corrected chi connectivity index (χ0v) is 19.7. The Bertz CT molecular complexity index is 1360. The first-order valence-corrected chi connectivity index (χ1v) is 11.8. The van der Waals surface area contributed by atoms with E-state index in [1.807, 2.05) is 36.7 Å². The van der Waals surface area contributed by atoms with E-state index in [4.69, 9.17) is 4.74 Å². The molecule has 2 fully saturated rings. The number of carbonyl (C=O) groups is 1. The fraction of sp³-hybridized carbons (Fsp3) is 0.269. The Morgan fingerprint density at radius 1 is 0.917 bits per heavy atom. The molecule has 2 saturated heterocycles. The molecule has 0 aliphatic carbocycles. The highest BCUT2D eigenvalue weighted by Crippen LogP contribution is 2.34. The van der Waals surface area contributed by atoms with E-state index < -0.39 is 5.82 Å². The number of carbonyl (C=O) groups excluding carboxylic acids is 1. The Morgan fingerprint density at radius 2 is 1.58 bits per heavy atom. The average Bonchev–Trinajstić information content (AvgIpc) is 3.66. The Balaban J connectivity index is 1.13. The third-order valence-electron chi connectivity index (χ3n) is 6.96. The monoisotopic (exact) mass is 485 g/mol. The second kappa shape index (κ2) is 9.03. The van der Waals surface area contributed by atoms with Crippen LogP contribution in [-0.2, 0) is 0 Å². The molecule has 10 heteroatoms. The molecule has 0 bridgehead atoms. The zero-order chi connectivity index (χ0) is 24.6. The van der Waals surface area contributed by atoms with E-state index in [1.54, 1.807) is 24.1 Å². The van der Waals surface area contributed by atoms with Crippen LogP contribution in [0, 0.1) is 17.7 Å². The predicted octanol–water partition coefficient (Wildman–Crippen LogP) is 3.08. The largest absolute Gasteiger partial charge is 0.497 e. The van der Waals surface area contributed by atoms with E-state index in [1.165, 1.54) is 23.3 Å². The topological polar surface area (TPSA) is 89.3 Å². The van der Waals surface area contributed by atoms with E-state index in [0.29, 0.717) is 24.7 Å². The van der Waals surface area contributed by atoms with E-state index in [2.05, 4.69) is 25.1 Å². The number of hydrogen-bond acceptors (Lipinski definition) is 7. The molecule has 9 nitrogen and oxygen atoms in total. The molecule has 6 rings (SSSR count). The van der Waals surface area contributed by atoms with Crippen molar-refractivity contribution in [3.63, 3.8) is 0 Å². The molecule has 36 heavy (non-hydrogen) atoms. The SMILES string of the molecule is COc1ccc(-c2cnc(N3CC4CN(C(=O)c5c(F)cccc5-n5nccn5)CC4C3)nc2)cc1. The highest BCUT2D eigenvalue weighted by molar-refractivity contribution is 5.98. The van der Waals surface area contributed by atoms with Crippen LogP contribution in [0.25, 0.3) is 16.8 Å². The van der Waals surface area contributed by atoms with E-state index >= 15 is 0 Å². The average molecular weight is 486 g/mol. The van der Waals surface area contributed by atoms with Gasteiger partial charge >= 0.3 is 0 Å². The maximum absolute atomic E-state index is 14.8. The molecule has 0 saturated carbocycles. The highest BCUT2D eigenvalue weighted by Gasteiger charge is 2.43. The van der Waals surface area contributed by atoms with Crippen LogP contribution in [-0.4, -0.2) is 69.1 Å². The summed E-state index contributed by atoms with van der Waals surface area (Å²) in [4.78, 5) is 27.7. The number of anilines is 1. The van der Waals surface area contributed by atoms with Gasteiger partial charge in [-0.1, -0.05) is 18.2 Å². The summed E-state index contributed by atoms with van der Waals surface area (Å²) in [5.74, 6) is 1.13. The number of amides is 1. The summed E-state index contributed by atoms with van der Waals surface area (Å²) >= 11 is 0. The fourth-order valence-corrected chi connectivity index (χ4v) is 5.13. The number of nitrogens with zero attached hydrogens (tertiary/aromatic N) is 7. The lowest BCUT2D eigenvalue weighted by molar-refractivity contribution is 0.0777. The maximum atomic E-state index is 14.8. The quantitative estimate of drug-likeness (QED) is 0.429. The number of halogens is 1. The normalized spacial score (nSPS) is 18.9. The molecule has 2 aliphatic rings. The molecule has 2 atom stereocenters. The minimum Gasteiger partial charge on any atom is -0.497 e. The zero-order valence-electron chi connectivity index (χ0n) is 19.7. The number of fused-ring (bicyclic) bond motifs is 1. The van der Waals surface area contributed by atoms with Crippen molar-refractivity contribution in [2.75, 3.05) is 38.2 Å². The molecule has 2 aromatic carbocycles. The molecule has 2 unspecified atom stereocenters. The van der Waals surface area contributed by atoms with Crippen molar-refractivity contribution in [2.24, 2.45) is 11.8 Å². The van der Waals surface area contributed by atoms with Gasteiger partial charge in [0.05, 0.1) is 19.5 Å². The maximum Gasteiger partial charge on any atom is 0.259 e. The van der Waals surface area contributed by atoms with Crippen molar-refractivity contribution in [1.29, 1.82) is 0 Å². The Hall–Kier alpha value is -4.34. The van der Waals surface area contributed by atoms with Crippen LogP contribution in [0.15, 0.2) is 67.3 Å². The summed E-state index contributed by atoms with van der Waals surface area (Å²) < 4.78 is 20.0. The van der Waals surface area contributed by atoms with Crippen LogP contribution >= 0.6 is 0 Å². The lowest BCUT2D eigenvalue weighted by atomic mass is 10.0. The molecule has 0 radical (unpaired) electrons. The first-order valence-electron chi connectivity index (χ1n) is 11.8. The molecule has 4 aromatic rings. The van der Waals surface area contributed by atoms with Gasteiger partial charge in [0.15, 0.2) is 0 Å². The van der Waals surface area contributed by atoms with Crippen LogP contribution < -0.4 is 9.64 Å². The molecule has 4 heterocycles. The number of ether oxygens (including phenoxy) is 1. The van der Waals surface area contributed by atoms with E-state index in [0.717, 1.165) is 30.0 Å². The summed E-state index contributed by atoms with van der Waals surface area (Å²) in [5, 5.41) is 8.15. The van der Waals surface area contributed by atoms with Crippen molar-refractivity contribution in [3.05, 3.63) is 78.6 Å². The van der Waals surface area contributed by atoms with Gasteiger partial charge in [-0.05, 0) is 29.8 Å². The second-order valence-electron chi connectivity index (χ2n) is 9.09. The van der Waals surface area contributed by atoms with Crippen molar-refractivity contribution >= 4 is 11.9 Å². The first kappa shape index (κ1) is 22.1. The van der Waals surface area contributed by atoms with Crippen LogP contribution in [0.1, 0.15) is 10.4 Å². The number of benzene rings is 2. The first-order chi connectivity index (χ1) is 17.6. The highest BCUT2D eigenvalue weighted by atomic mass is 19.1. The van der Waals surface area contributed by atoms with Crippen molar-refractivity contribution in [3.8, 4) is 22.6 Å². The third kappa shape index (κ3) is 3.94. The Kier molecular flexibility index (Phi) is 5.55. The molecule has 2 aromatic heterocycles. The van der Waals surface area contributed by atoms with Crippen LogP contribution in [0.5, 0.6) is 5.75 Å². The van der Waals surface area contributed by atoms with Gasteiger partial charge < -0.3 is 14.5 Å². The minimum atomic E-state index is -0.571. The van der Waals surface area contributed by atoms with Crippen LogP contribution in [0.3, 0.4) is 0 Å². The number of methoxy groups -OCH3 is 1. The van der Waals surface area contributed by atoms with Gasteiger partial charge in [-0.3, -0.25) is 4.79 Å². The van der Waals surface area contributed by atoms with E-state index in [9.17, 15) is 9.18 Å². The number of likely N-dealkylation sites (tertiary alicyclic amines) is 1. The van der Waals surface area contributed by atoms with Gasteiger partial charge in [0.2, 0.25) is 5.95 Å². The molecule has 2 aliphatic heterocycles. The summed E-state index contributed by atoms with van der Waals surface area (Å²) in [7, 11) is 1.64. The Labute approximate surface area is 207 Å². The minimum absolute atomic E-state index is 0.00276. The van der Waals surface area contributed by atoms with Crippen LogP contribution in [0.4, 0.5) is 10.3 Å². The van der Waals surface area contributed by atoms with Gasteiger partial charge in [-0.15, -0.1) is 0 Å². The van der Waals surface area contributed by atoms with Gasteiger partial charge in [-0.25, -0.2) is 14.4 Å². The Morgan fingerprint density at radius 3 is 2.22 bits per heavy atom. The lowest BCUT2D eigenvalue weighted by Crippen LogP contribution is -2.34. The molecule has 182 valence electrons.